The monoisotopic (exact) mass is 614 g/mol. The maximum Gasteiger partial charge on any atom is 0.265 e. The van der Waals surface area contributed by atoms with E-state index in [0.29, 0.717) is 28.3 Å². The van der Waals surface area contributed by atoms with Gasteiger partial charge in [0.15, 0.2) is 0 Å². The van der Waals surface area contributed by atoms with E-state index in [-0.39, 0.29) is 22.8 Å². The van der Waals surface area contributed by atoms with E-state index in [0.717, 1.165) is 62.7 Å². The molecule has 3 aliphatic rings. The van der Waals surface area contributed by atoms with Crippen molar-refractivity contribution in [3.63, 3.8) is 0 Å². The molecule has 6 rings (SSSR count). The van der Waals surface area contributed by atoms with Crippen LogP contribution in [0.25, 0.3) is 0 Å². The van der Waals surface area contributed by atoms with Crippen molar-refractivity contribution in [2.75, 3.05) is 19.7 Å². The molecular weight excluding hydrogens is 582 g/mol. The second-order valence-corrected chi connectivity index (χ2v) is 13.7. The Kier molecular flexibility index (Phi) is 8.68. The summed E-state index contributed by atoms with van der Waals surface area (Å²) in [5.74, 6) is -0.158. The lowest BCUT2D eigenvalue weighted by atomic mass is 9.91. The number of nitrogens with zero attached hydrogens (tertiary/aromatic N) is 1. The summed E-state index contributed by atoms with van der Waals surface area (Å²) in [6.07, 6.45) is 5.51. The Bertz CT molecular complexity index is 1420. The molecule has 2 atom stereocenters. The quantitative estimate of drug-likeness (QED) is 0.258. The highest BCUT2D eigenvalue weighted by atomic mass is 35.5. The molecule has 0 spiro atoms. The molecular formula is C32H33Cl2FN2O3S. The van der Waals surface area contributed by atoms with Gasteiger partial charge in [0.25, 0.3) is 5.91 Å². The molecule has 2 aliphatic carbocycles. The van der Waals surface area contributed by atoms with Gasteiger partial charge in [0.2, 0.25) is 0 Å². The molecule has 216 valence electrons. The average molecular weight is 616 g/mol. The molecule has 0 bridgehead atoms. The van der Waals surface area contributed by atoms with Gasteiger partial charge in [-0.1, -0.05) is 53.5 Å². The molecule has 9 heteroatoms. The highest BCUT2D eigenvalue weighted by Gasteiger charge is 2.33. The number of ether oxygens (including phenoxy) is 1. The van der Waals surface area contributed by atoms with E-state index in [1.54, 1.807) is 12.1 Å². The summed E-state index contributed by atoms with van der Waals surface area (Å²) in [5, 5.41) is 1.23. The topological polar surface area (TPSA) is 58.6 Å². The molecule has 1 aliphatic heterocycles. The molecule has 1 N–H and O–H groups in total. The van der Waals surface area contributed by atoms with Crippen molar-refractivity contribution in [2.24, 2.45) is 5.92 Å². The molecule has 5 nitrogen and oxygen atoms in total. The molecule has 3 fully saturated rings. The van der Waals surface area contributed by atoms with Crippen molar-refractivity contribution in [1.29, 1.82) is 0 Å². The summed E-state index contributed by atoms with van der Waals surface area (Å²) in [4.78, 5) is 15.1. The zero-order valence-corrected chi connectivity index (χ0v) is 25.0. The molecule has 41 heavy (non-hydrogen) atoms. The number of benzene rings is 3. The van der Waals surface area contributed by atoms with Gasteiger partial charge in [-0.2, -0.15) is 0 Å². The largest absolute Gasteiger partial charge is 0.493 e. The van der Waals surface area contributed by atoms with Crippen LogP contribution in [0.5, 0.6) is 5.75 Å². The van der Waals surface area contributed by atoms with Crippen molar-refractivity contribution in [3.8, 4) is 5.75 Å². The fraction of sp³-hybridized carbons (Fsp3) is 0.406. The van der Waals surface area contributed by atoms with E-state index in [4.69, 9.17) is 27.9 Å². The number of hydrogen-bond acceptors (Lipinski definition) is 4. The van der Waals surface area contributed by atoms with E-state index >= 15 is 4.39 Å². The Labute approximate surface area is 253 Å². The van der Waals surface area contributed by atoms with Crippen LogP contribution >= 0.6 is 23.2 Å². The third-order valence-corrected chi connectivity index (χ3v) is 10.1. The lowest BCUT2D eigenvalue weighted by molar-refractivity contribution is 0.0978. The molecule has 1 amide bonds. The van der Waals surface area contributed by atoms with Crippen LogP contribution in [0.2, 0.25) is 10.0 Å². The number of halogens is 3. The van der Waals surface area contributed by atoms with Gasteiger partial charge in [-0.15, -0.1) is 0 Å². The molecule has 0 radical (unpaired) electrons. The van der Waals surface area contributed by atoms with Gasteiger partial charge < -0.3 is 4.74 Å². The molecule has 0 aromatic heterocycles. The molecule has 3 aromatic carbocycles. The van der Waals surface area contributed by atoms with Crippen LogP contribution in [-0.4, -0.2) is 40.0 Å². The second-order valence-electron chi connectivity index (χ2n) is 11.4. The third kappa shape index (κ3) is 6.96. The van der Waals surface area contributed by atoms with Crippen LogP contribution < -0.4 is 9.46 Å². The summed E-state index contributed by atoms with van der Waals surface area (Å²) in [6, 6.07) is 19.1. The number of rotatable bonds is 10. The normalized spacial score (nSPS) is 19.5. The first-order valence-corrected chi connectivity index (χ1v) is 16.3. The number of hydrogen-bond donors (Lipinski definition) is 1. The fourth-order valence-electron chi connectivity index (χ4n) is 5.66. The van der Waals surface area contributed by atoms with Crippen LogP contribution in [0.1, 0.15) is 77.5 Å². The third-order valence-electron chi connectivity index (χ3n) is 8.19. The van der Waals surface area contributed by atoms with E-state index in [1.165, 1.54) is 11.6 Å². The van der Waals surface area contributed by atoms with Crippen LogP contribution in [-0.2, 0) is 11.0 Å². The number of piperidine rings is 1. The van der Waals surface area contributed by atoms with Gasteiger partial charge in [0.05, 0.1) is 23.5 Å². The first-order chi connectivity index (χ1) is 19.9. The Hall–Kier alpha value is -2.45. The van der Waals surface area contributed by atoms with Gasteiger partial charge in [-0.3, -0.25) is 14.4 Å². The lowest BCUT2D eigenvalue weighted by Gasteiger charge is -2.38. The standard InChI is InChI=1S/C32H33Cl2FN2O3S/c33-24-14-23(15-25(34)16-24)31(22-4-2-1-3-5-22)37-12-10-20(11-13-37)19-40-30-18-29(35)28(17-27(30)21-6-7-21)32(38)36-41(39)26-8-9-26/h1-5,14-18,20-21,26,31H,6-13,19H2,(H,36,38). The van der Waals surface area contributed by atoms with Gasteiger partial charge >= 0.3 is 0 Å². The van der Waals surface area contributed by atoms with Crippen molar-refractivity contribution in [1.82, 2.24) is 9.62 Å². The zero-order chi connectivity index (χ0) is 28.5. The van der Waals surface area contributed by atoms with Crippen molar-refractivity contribution in [2.45, 2.75) is 55.7 Å². The molecule has 2 unspecified atom stereocenters. The van der Waals surface area contributed by atoms with Crippen LogP contribution in [0, 0.1) is 11.7 Å². The summed E-state index contributed by atoms with van der Waals surface area (Å²) < 4.78 is 35.9. The number of nitrogens with one attached hydrogen (secondary N) is 1. The second kappa shape index (κ2) is 12.4. The van der Waals surface area contributed by atoms with Crippen LogP contribution in [0.3, 0.4) is 0 Å². The first-order valence-electron chi connectivity index (χ1n) is 14.3. The minimum Gasteiger partial charge on any atom is -0.493 e. The maximum atomic E-state index is 15.1. The van der Waals surface area contributed by atoms with Crippen molar-refractivity contribution in [3.05, 3.63) is 98.8 Å². The Balaban J connectivity index is 1.12. The summed E-state index contributed by atoms with van der Waals surface area (Å²) in [6.45, 7) is 2.24. The number of amides is 1. The Morgan fingerprint density at radius 3 is 2.27 bits per heavy atom. The fourth-order valence-corrected chi connectivity index (χ4v) is 7.23. The molecule has 3 aromatic rings. The van der Waals surface area contributed by atoms with Gasteiger partial charge in [-0.25, -0.2) is 8.60 Å². The van der Waals surface area contributed by atoms with Crippen LogP contribution in [0.4, 0.5) is 4.39 Å². The summed E-state index contributed by atoms with van der Waals surface area (Å²) >= 11 is 12.8. The SMILES string of the molecule is O=C(NS(=O)C1CC1)c1cc(C2CC2)c(OCC2CCN(C(c3ccccc3)c3cc(Cl)cc(Cl)c3)CC2)cc1F. The number of carbonyl (C=O) groups is 1. The first kappa shape index (κ1) is 28.7. The molecule has 1 heterocycles. The zero-order valence-electron chi connectivity index (χ0n) is 22.7. The van der Waals surface area contributed by atoms with Gasteiger partial charge in [-0.05, 0) is 104 Å². The van der Waals surface area contributed by atoms with Crippen LogP contribution in [0.15, 0.2) is 60.7 Å². The van der Waals surface area contributed by atoms with Gasteiger partial charge in [0, 0.05) is 16.1 Å². The van der Waals surface area contributed by atoms with E-state index in [9.17, 15) is 9.00 Å². The van der Waals surface area contributed by atoms with E-state index in [1.807, 2.05) is 30.3 Å². The van der Waals surface area contributed by atoms with Gasteiger partial charge in [0.1, 0.15) is 22.6 Å². The van der Waals surface area contributed by atoms with Crippen molar-refractivity contribution < 1.29 is 18.1 Å². The molecule has 2 saturated carbocycles. The van der Waals surface area contributed by atoms with Crippen molar-refractivity contribution >= 4 is 40.1 Å². The maximum absolute atomic E-state index is 15.1. The highest BCUT2D eigenvalue weighted by molar-refractivity contribution is 7.84. The minimum absolute atomic E-state index is 0.00907. The Morgan fingerprint density at radius 1 is 0.951 bits per heavy atom. The highest BCUT2D eigenvalue weighted by Crippen LogP contribution is 2.45. The molecule has 1 saturated heterocycles. The summed E-state index contributed by atoms with van der Waals surface area (Å²) in [7, 11) is -1.46. The lowest BCUT2D eigenvalue weighted by Crippen LogP contribution is -2.38. The van der Waals surface area contributed by atoms with E-state index in [2.05, 4.69) is 21.8 Å². The average Bonchev–Trinajstić information content (AvgIpc) is 3.87. The predicted octanol–water partition coefficient (Wildman–Crippen LogP) is 7.45. The predicted molar refractivity (Wildman–Crippen MR) is 162 cm³/mol. The minimum atomic E-state index is -1.46. The summed E-state index contributed by atoms with van der Waals surface area (Å²) in [5.41, 5.74) is 3.07. The number of likely N-dealkylation sites (tertiary alicyclic amines) is 1. The van der Waals surface area contributed by atoms with E-state index < -0.39 is 22.7 Å². The Morgan fingerprint density at radius 2 is 1.63 bits per heavy atom. The number of carbonyl (C=O) groups excluding carboxylic acids is 1. The smallest absolute Gasteiger partial charge is 0.265 e.